The first kappa shape index (κ1) is 22.3. The maximum atomic E-state index is 12.1. The number of carbonyl (C=O) groups excluding carboxylic acids is 1. The molecule has 2 N–H and O–H groups in total. The number of ether oxygens (including phenoxy) is 1. The number of amides is 1. The zero-order valence-electron chi connectivity index (χ0n) is 19.7. The second kappa shape index (κ2) is 8.94. The fourth-order valence-electron chi connectivity index (χ4n) is 3.92. The molecule has 0 spiro atoms. The number of carbonyl (C=O) groups is 1. The number of pyridine rings is 1. The summed E-state index contributed by atoms with van der Waals surface area (Å²) in [6.45, 7) is 12.4. The summed E-state index contributed by atoms with van der Waals surface area (Å²) >= 11 is 0. The summed E-state index contributed by atoms with van der Waals surface area (Å²) in [5, 5.41) is 8.26. The number of aromatic nitrogens is 4. The monoisotopic (exact) mass is 443 g/mol. The lowest BCUT2D eigenvalue weighted by atomic mass is 9.93. The summed E-state index contributed by atoms with van der Waals surface area (Å²) in [4.78, 5) is 20.2. The Morgan fingerprint density at radius 2 is 2.09 bits per heavy atom. The highest BCUT2D eigenvalue weighted by Gasteiger charge is 2.21. The molecule has 0 aliphatic carbocycles. The molecule has 0 fully saturated rings. The highest BCUT2D eigenvalue weighted by atomic mass is 16.5. The smallest absolute Gasteiger partial charge is 0.247 e. The number of aromatic amines is 1. The number of anilines is 1. The average Bonchev–Trinajstić information content (AvgIpc) is 3.38. The third-order valence-corrected chi connectivity index (χ3v) is 5.58. The second-order valence-electron chi connectivity index (χ2n) is 8.67. The zero-order valence-corrected chi connectivity index (χ0v) is 19.7. The van der Waals surface area contributed by atoms with E-state index in [0.29, 0.717) is 12.5 Å². The maximum absolute atomic E-state index is 12.1. The summed E-state index contributed by atoms with van der Waals surface area (Å²) in [6.07, 6.45) is 6.82. The van der Waals surface area contributed by atoms with Crippen LogP contribution in [0, 0.1) is 19.8 Å². The first-order valence-electron chi connectivity index (χ1n) is 11.0. The van der Waals surface area contributed by atoms with E-state index in [9.17, 15) is 4.79 Å². The van der Waals surface area contributed by atoms with Gasteiger partial charge in [0.25, 0.3) is 0 Å². The van der Waals surface area contributed by atoms with Gasteiger partial charge in [-0.1, -0.05) is 32.6 Å². The summed E-state index contributed by atoms with van der Waals surface area (Å²) in [6, 6.07) is 6.12. The summed E-state index contributed by atoms with van der Waals surface area (Å²) < 4.78 is 7.74. The van der Waals surface area contributed by atoms with Crippen LogP contribution < -0.4 is 10.1 Å². The molecular formula is C26H29N5O2. The summed E-state index contributed by atoms with van der Waals surface area (Å²) in [5.41, 5.74) is 7.34. The van der Waals surface area contributed by atoms with Crippen molar-refractivity contribution >= 4 is 22.6 Å². The minimum Gasteiger partial charge on any atom is -0.492 e. The number of fused-ring (bicyclic) bond motifs is 1. The molecule has 0 radical (unpaired) electrons. The van der Waals surface area contributed by atoms with Gasteiger partial charge in [-0.2, -0.15) is 5.10 Å². The number of hydrogen-bond acceptors (Lipinski definition) is 4. The SMILES string of the molecule is C=CC(=O)Nc1c(C)ccc(-c2c(-c3cnn(C)c3)[nH]c3ncc(OCC(C)C)cc23)c1C. The third-order valence-electron chi connectivity index (χ3n) is 5.58. The van der Waals surface area contributed by atoms with Crippen molar-refractivity contribution in [1.82, 2.24) is 19.7 Å². The van der Waals surface area contributed by atoms with Crippen molar-refractivity contribution in [3.63, 3.8) is 0 Å². The summed E-state index contributed by atoms with van der Waals surface area (Å²) in [7, 11) is 1.89. The predicted octanol–water partition coefficient (Wildman–Crippen LogP) is 5.41. The van der Waals surface area contributed by atoms with Crippen molar-refractivity contribution in [1.29, 1.82) is 0 Å². The Bertz CT molecular complexity index is 1350. The molecule has 3 aromatic heterocycles. The van der Waals surface area contributed by atoms with Crippen LogP contribution in [0.5, 0.6) is 5.75 Å². The van der Waals surface area contributed by atoms with E-state index in [1.165, 1.54) is 6.08 Å². The molecule has 0 bridgehead atoms. The lowest BCUT2D eigenvalue weighted by Gasteiger charge is -2.16. The number of nitrogens with one attached hydrogen (secondary N) is 2. The van der Waals surface area contributed by atoms with Crippen LogP contribution >= 0.6 is 0 Å². The Labute approximate surface area is 193 Å². The van der Waals surface area contributed by atoms with Crippen LogP contribution in [0.1, 0.15) is 25.0 Å². The molecule has 0 saturated heterocycles. The molecule has 0 aliphatic rings. The van der Waals surface area contributed by atoms with Crippen molar-refractivity contribution in [2.75, 3.05) is 11.9 Å². The van der Waals surface area contributed by atoms with E-state index in [2.05, 4.69) is 46.9 Å². The minimum atomic E-state index is -0.240. The van der Waals surface area contributed by atoms with Crippen molar-refractivity contribution in [2.45, 2.75) is 27.7 Å². The number of benzene rings is 1. The maximum Gasteiger partial charge on any atom is 0.247 e. The number of rotatable bonds is 7. The lowest BCUT2D eigenvalue weighted by Crippen LogP contribution is -2.10. The van der Waals surface area contributed by atoms with Gasteiger partial charge in [0.05, 0.1) is 24.7 Å². The van der Waals surface area contributed by atoms with Crippen LogP contribution in [-0.2, 0) is 11.8 Å². The van der Waals surface area contributed by atoms with Crippen LogP contribution in [0.25, 0.3) is 33.4 Å². The predicted molar refractivity (Wildman–Crippen MR) is 132 cm³/mol. The Hall–Kier alpha value is -3.87. The van der Waals surface area contributed by atoms with Gasteiger partial charge >= 0.3 is 0 Å². The molecule has 4 rings (SSSR count). The fourth-order valence-corrected chi connectivity index (χ4v) is 3.92. The highest BCUT2D eigenvalue weighted by Crippen LogP contribution is 2.42. The number of aryl methyl sites for hydroxylation is 2. The van der Waals surface area contributed by atoms with Crippen LogP contribution in [0.4, 0.5) is 5.69 Å². The van der Waals surface area contributed by atoms with Crippen LogP contribution in [0.15, 0.2) is 49.4 Å². The zero-order chi connectivity index (χ0) is 23.7. The Morgan fingerprint density at radius 3 is 2.76 bits per heavy atom. The topological polar surface area (TPSA) is 84.8 Å². The van der Waals surface area contributed by atoms with E-state index < -0.39 is 0 Å². The quantitative estimate of drug-likeness (QED) is 0.374. The Kier molecular flexibility index (Phi) is 6.05. The van der Waals surface area contributed by atoms with E-state index in [1.54, 1.807) is 10.9 Å². The van der Waals surface area contributed by atoms with E-state index in [-0.39, 0.29) is 5.91 Å². The van der Waals surface area contributed by atoms with Crippen molar-refractivity contribution in [3.05, 3.63) is 60.6 Å². The minimum absolute atomic E-state index is 0.240. The number of H-pyrrole nitrogens is 1. The van der Waals surface area contributed by atoms with Crippen molar-refractivity contribution in [2.24, 2.45) is 13.0 Å². The van der Waals surface area contributed by atoms with Gasteiger partial charge < -0.3 is 15.0 Å². The van der Waals surface area contributed by atoms with E-state index >= 15 is 0 Å². The van der Waals surface area contributed by atoms with Crippen LogP contribution in [0.2, 0.25) is 0 Å². The number of hydrogen-bond donors (Lipinski definition) is 2. The molecule has 1 amide bonds. The molecule has 170 valence electrons. The second-order valence-corrected chi connectivity index (χ2v) is 8.67. The van der Waals surface area contributed by atoms with Gasteiger partial charge in [0.1, 0.15) is 11.4 Å². The third kappa shape index (κ3) is 4.39. The molecule has 0 atom stereocenters. The normalized spacial score (nSPS) is 11.2. The standard InChI is InChI=1S/C26H29N5O2/c1-7-22(32)29-24-16(4)8-9-20(17(24)5)23-21-10-19(33-14-15(2)3)12-27-26(21)30-25(23)18-11-28-31(6)13-18/h7-13,15H,1,14H2,2-6H3,(H,27,30)(H,29,32). The molecule has 7 nitrogen and oxygen atoms in total. The largest absolute Gasteiger partial charge is 0.492 e. The Morgan fingerprint density at radius 1 is 1.30 bits per heavy atom. The van der Waals surface area contributed by atoms with E-state index in [0.717, 1.165) is 56.0 Å². The van der Waals surface area contributed by atoms with Gasteiger partial charge in [-0.3, -0.25) is 9.48 Å². The van der Waals surface area contributed by atoms with E-state index in [4.69, 9.17) is 4.74 Å². The molecule has 33 heavy (non-hydrogen) atoms. The molecule has 0 unspecified atom stereocenters. The first-order chi connectivity index (χ1) is 15.8. The first-order valence-corrected chi connectivity index (χ1v) is 11.0. The van der Waals surface area contributed by atoms with Crippen LogP contribution in [0.3, 0.4) is 0 Å². The molecule has 4 aromatic rings. The Balaban J connectivity index is 1.96. The molecule has 1 aromatic carbocycles. The van der Waals surface area contributed by atoms with Gasteiger partial charge in [-0.15, -0.1) is 0 Å². The molecule has 0 aliphatic heterocycles. The van der Waals surface area contributed by atoms with Gasteiger partial charge in [-0.05, 0) is 48.6 Å². The fraction of sp³-hybridized carbons (Fsp3) is 0.269. The molecular weight excluding hydrogens is 414 g/mol. The average molecular weight is 444 g/mol. The molecule has 0 saturated carbocycles. The van der Waals surface area contributed by atoms with Crippen molar-refractivity contribution in [3.8, 4) is 28.1 Å². The van der Waals surface area contributed by atoms with Gasteiger partial charge in [0.15, 0.2) is 0 Å². The number of nitrogens with zero attached hydrogens (tertiary/aromatic N) is 3. The van der Waals surface area contributed by atoms with Crippen molar-refractivity contribution < 1.29 is 9.53 Å². The van der Waals surface area contributed by atoms with Gasteiger partial charge in [0.2, 0.25) is 5.91 Å². The van der Waals surface area contributed by atoms with Gasteiger partial charge in [-0.25, -0.2) is 4.98 Å². The molecule has 7 heteroatoms. The summed E-state index contributed by atoms with van der Waals surface area (Å²) in [5.74, 6) is 0.891. The van der Waals surface area contributed by atoms with E-state index in [1.807, 2.05) is 45.4 Å². The van der Waals surface area contributed by atoms with Gasteiger partial charge in [0, 0.05) is 35.4 Å². The lowest BCUT2D eigenvalue weighted by molar-refractivity contribution is -0.111. The van der Waals surface area contributed by atoms with Crippen LogP contribution in [-0.4, -0.2) is 32.3 Å². The highest BCUT2D eigenvalue weighted by molar-refractivity contribution is 6.06. The molecule has 3 heterocycles.